The van der Waals surface area contributed by atoms with Crippen molar-refractivity contribution in [1.82, 2.24) is 4.98 Å². The van der Waals surface area contributed by atoms with Crippen LogP contribution in [-0.2, 0) is 9.53 Å². The minimum Gasteiger partial charge on any atom is -0.467 e. The SMILES string of the molecule is COC(=O)C1CCN1c1cncc(C)c1. The molecule has 1 aliphatic rings. The fourth-order valence-electron chi connectivity index (χ4n) is 1.77. The van der Waals surface area contributed by atoms with Crippen LogP contribution in [-0.4, -0.2) is 30.6 Å². The zero-order valence-corrected chi connectivity index (χ0v) is 8.93. The average Bonchev–Trinajstić information content (AvgIpc) is 2.16. The Labute approximate surface area is 88.9 Å². The molecule has 80 valence electrons. The molecule has 0 spiro atoms. The quantitative estimate of drug-likeness (QED) is 0.680. The number of rotatable bonds is 2. The van der Waals surface area contributed by atoms with Crippen molar-refractivity contribution >= 4 is 11.7 Å². The van der Waals surface area contributed by atoms with Gasteiger partial charge >= 0.3 is 5.97 Å². The van der Waals surface area contributed by atoms with Crippen LogP contribution in [0, 0.1) is 6.92 Å². The van der Waals surface area contributed by atoms with Gasteiger partial charge in [-0.15, -0.1) is 0 Å². The zero-order chi connectivity index (χ0) is 10.8. The van der Waals surface area contributed by atoms with Gasteiger partial charge in [-0.05, 0) is 25.0 Å². The first-order chi connectivity index (χ1) is 7.22. The maximum absolute atomic E-state index is 11.4. The number of esters is 1. The minimum atomic E-state index is -0.164. The van der Waals surface area contributed by atoms with Gasteiger partial charge in [0.2, 0.25) is 0 Å². The maximum Gasteiger partial charge on any atom is 0.328 e. The van der Waals surface area contributed by atoms with Gasteiger partial charge in [0.05, 0.1) is 19.0 Å². The molecule has 0 aliphatic carbocycles. The van der Waals surface area contributed by atoms with Crippen molar-refractivity contribution in [3.63, 3.8) is 0 Å². The van der Waals surface area contributed by atoms with E-state index in [9.17, 15) is 4.79 Å². The van der Waals surface area contributed by atoms with Gasteiger partial charge in [-0.2, -0.15) is 0 Å². The van der Waals surface area contributed by atoms with Crippen molar-refractivity contribution < 1.29 is 9.53 Å². The molecular weight excluding hydrogens is 192 g/mol. The van der Waals surface area contributed by atoms with Crippen LogP contribution in [0.25, 0.3) is 0 Å². The molecule has 2 heterocycles. The summed E-state index contributed by atoms with van der Waals surface area (Å²) in [6.45, 7) is 2.88. The van der Waals surface area contributed by atoms with E-state index >= 15 is 0 Å². The third-order valence-electron chi connectivity index (χ3n) is 2.69. The second-order valence-corrected chi connectivity index (χ2v) is 3.74. The minimum absolute atomic E-state index is 0.126. The summed E-state index contributed by atoms with van der Waals surface area (Å²) in [5.74, 6) is -0.164. The van der Waals surface area contributed by atoms with Crippen LogP contribution < -0.4 is 4.90 Å². The van der Waals surface area contributed by atoms with Crippen molar-refractivity contribution in [1.29, 1.82) is 0 Å². The molecule has 4 heteroatoms. The van der Waals surface area contributed by atoms with Gasteiger partial charge in [0.1, 0.15) is 6.04 Å². The molecule has 1 fully saturated rings. The number of hydrogen-bond acceptors (Lipinski definition) is 4. The first-order valence-corrected chi connectivity index (χ1v) is 4.98. The molecule has 4 nitrogen and oxygen atoms in total. The van der Waals surface area contributed by atoms with Crippen molar-refractivity contribution in [3.8, 4) is 0 Å². The van der Waals surface area contributed by atoms with E-state index in [0.29, 0.717) is 0 Å². The third kappa shape index (κ3) is 1.79. The number of nitrogens with zero attached hydrogens (tertiary/aromatic N) is 2. The number of hydrogen-bond donors (Lipinski definition) is 0. The zero-order valence-electron chi connectivity index (χ0n) is 8.93. The molecule has 15 heavy (non-hydrogen) atoms. The monoisotopic (exact) mass is 206 g/mol. The largest absolute Gasteiger partial charge is 0.467 e. The van der Waals surface area contributed by atoms with E-state index in [1.165, 1.54) is 7.11 Å². The van der Waals surface area contributed by atoms with Gasteiger partial charge in [-0.25, -0.2) is 4.79 Å². The summed E-state index contributed by atoms with van der Waals surface area (Å²) in [6.07, 6.45) is 4.44. The number of carbonyl (C=O) groups excluding carboxylic acids is 1. The first-order valence-electron chi connectivity index (χ1n) is 4.98. The highest BCUT2D eigenvalue weighted by molar-refractivity contribution is 5.82. The van der Waals surface area contributed by atoms with E-state index < -0.39 is 0 Å². The summed E-state index contributed by atoms with van der Waals surface area (Å²) in [7, 11) is 1.42. The molecule has 2 rings (SSSR count). The van der Waals surface area contributed by atoms with Gasteiger partial charge in [0.25, 0.3) is 0 Å². The Morgan fingerprint density at radius 2 is 2.40 bits per heavy atom. The number of carbonyl (C=O) groups is 1. The molecule has 0 bridgehead atoms. The molecule has 1 saturated heterocycles. The van der Waals surface area contributed by atoms with Crippen LogP contribution in [0.5, 0.6) is 0 Å². The van der Waals surface area contributed by atoms with Gasteiger partial charge in [0, 0.05) is 12.7 Å². The van der Waals surface area contributed by atoms with E-state index in [0.717, 1.165) is 24.2 Å². The Bertz CT molecular complexity index is 379. The normalized spacial score (nSPS) is 19.6. The van der Waals surface area contributed by atoms with E-state index in [1.54, 1.807) is 12.4 Å². The molecule has 1 atom stereocenters. The maximum atomic E-state index is 11.4. The van der Waals surface area contributed by atoms with E-state index in [4.69, 9.17) is 4.74 Å². The van der Waals surface area contributed by atoms with Gasteiger partial charge in [-0.3, -0.25) is 4.98 Å². The molecule has 1 aromatic heterocycles. The molecule has 0 saturated carbocycles. The van der Waals surface area contributed by atoms with Crippen LogP contribution in [0.4, 0.5) is 5.69 Å². The van der Waals surface area contributed by atoms with E-state index in [-0.39, 0.29) is 12.0 Å². The summed E-state index contributed by atoms with van der Waals surface area (Å²) in [5.41, 5.74) is 2.10. The van der Waals surface area contributed by atoms with Crippen molar-refractivity contribution in [2.75, 3.05) is 18.6 Å². The summed E-state index contributed by atoms with van der Waals surface area (Å²) in [4.78, 5) is 17.5. The van der Waals surface area contributed by atoms with Gasteiger partial charge in [0.15, 0.2) is 0 Å². The second kappa shape index (κ2) is 3.88. The van der Waals surface area contributed by atoms with Crippen molar-refractivity contribution in [2.45, 2.75) is 19.4 Å². The van der Waals surface area contributed by atoms with E-state index in [1.807, 2.05) is 17.9 Å². The van der Waals surface area contributed by atoms with Crippen LogP contribution in [0.15, 0.2) is 18.5 Å². The van der Waals surface area contributed by atoms with Crippen LogP contribution in [0.2, 0.25) is 0 Å². The fraction of sp³-hybridized carbons (Fsp3) is 0.455. The first kappa shape index (κ1) is 9.96. The summed E-state index contributed by atoms with van der Waals surface area (Å²) in [5, 5.41) is 0. The third-order valence-corrected chi connectivity index (χ3v) is 2.69. The van der Waals surface area contributed by atoms with Gasteiger partial charge < -0.3 is 9.64 Å². The summed E-state index contributed by atoms with van der Waals surface area (Å²) >= 11 is 0. The fourth-order valence-corrected chi connectivity index (χ4v) is 1.77. The predicted octanol–water partition coefficient (Wildman–Crippen LogP) is 1.14. The lowest BCUT2D eigenvalue weighted by Crippen LogP contribution is -2.53. The summed E-state index contributed by atoms with van der Waals surface area (Å²) in [6, 6.07) is 1.90. The highest BCUT2D eigenvalue weighted by atomic mass is 16.5. The number of pyridine rings is 1. The molecule has 0 radical (unpaired) electrons. The van der Waals surface area contributed by atoms with Crippen molar-refractivity contribution in [2.24, 2.45) is 0 Å². The number of aryl methyl sites for hydroxylation is 1. The number of ether oxygens (including phenoxy) is 1. The number of aromatic nitrogens is 1. The Kier molecular flexibility index (Phi) is 2.58. The lowest BCUT2D eigenvalue weighted by molar-refractivity contribution is -0.143. The Hall–Kier alpha value is -1.58. The smallest absolute Gasteiger partial charge is 0.328 e. The average molecular weight is 206 g/mol. The molecule has 1 aliphatic heterocycles. The summed E-state index contributed by atoms with van der Waals surface area (Å²) < 4.78 is 4.74. The van der Waals surface area contributed by atoms with Crippen LogP contribution in [0.1, 0.15) is 12.0 Å². The topological polar surface area (TPSA) is 42.4 Å². The number of methoxy groups -OCH3 is 1. The highest BCUT2D eigenvalue weighted by Gasteiger charge is 2.35. The highest BCUT2D eigenvalue weighted by Crippen LogP contribution is 2.26. The predicted molar refractivity (Wildman–Crippen MR) is 56.7 cm³/mol. The molecule has 1 aromatic rings. The Balaban J connectivity index is 2.15. The lowest BCUT2D eigenvalue weighted by Gasteiger charge is -2.40. The molecule has 0 N–H and O–H groups in total. The number of anilines is 1. The van der Waals surface area contributed by atoms with Crippen molar-refractivity contribution in [3.05, 3.63) is 24.0 Å². The molecule has 0 amide bonds. The second-order valence-electron chi connectivity index (χ2n) is 3.74. The molecule has 0 aromatic carbocycles. The lowest BCUT2D eigenvalue weighted by atomic mass is 10.0. The Morgan fingerprint density at radius 3 is 2.93 bits per heavy atom. The van der Waals surface area contributed by atoms with Crippen LogP contribution >= 0.6 is 0 Å². The molecule has 1 unspecified atom stereocenters. The molecular formula is C11H14N2O2. The van der Waals surface area contributed by atoms with Gasteiger partial charge in [-0.1, -0.05) is 0 Å². The Morgan fingerprint density at radius 1 is 1.60 bits per heavy atom. The van der Waals surface area contributed by atoms with E-state index in [2.05, 4.69) is 4.98 Å². The standard InChI is InChI=1S/C11H14N2O2/c1-8-5-9(7-12-6-8)13-4-3-10(13)11(14)15-2/h5-7,10H,3-4H2,1-2H3. The van der Waals surface area contributed by atoms with Crippen LogP contribution in [0.3, 0.4) is 0 Å².